The topological polar surface area (TPSA) is 26.3 Å². The molecule has 0 heterocycles. The van der Waals surface area contributed by atoms with Crippen molar-refractivity contribution in [1.82, 2.24) is 0 Å². The molecule has 0 bridgehead atoms. The second-order valence-electron chi connectivity index (χ2n) is 3.86. The standard InChI is InChI=1S/C7H14.C5H7ClO2/c1-7-5-3-2-4-6-7;1-2-3-5(7)8-4-6/h7H,2-6H2,1H3;2H,1,3-4H2. The van der Waals surface area contributed by atoms with Crippen molar-refractivity contribution in [3.63, 3.8) is 0 Å². The molecule has 1 aliphatic rings. The summed E-state index contributed by atoms with van der Waals surface area (Å²) in [4.78, 5) is 10.3. The number of rotatable bonds is 3. The zero-order valence-corrected chi connectivity index (χ0v) is 10.3. The highest BCUT2D eigenvalue weighted by atomic mass is 35.5. The Balaban J connectivity index is 0.000000262. The van der Waals surface area contributed by atoms with Crippen molar-refractivity contribution in [2.24, 2.45) is 5.92 Å². The van der Waals surface area contributed by atoms with Crippen LogP contribution in [0, 0.1) is 5.92 Å². The molecule has 0 aromatic carbocycles. The maximum absolute atomic E-state index is 10.3. The van der Waals surface area contributed by atoms with Crippen LogP contribution in [-0.2, 0) is 9.53 Å². The second-order valence-corrected chi connectivity index (χ2v) is 4.08. The number of hydrogen-bond acceptors (Lipinski definition) is 2. The summed E-state index contributed by atoms with van der Waals surface area (Å²) in [6, 6.07) is -0.0767. The molecule has 0 aromatic heterocycles. The Hall–Kier alpha value is -0.500. The van der Waals surface area contributed by atoms with Crippen LogP contribution in [0.3, 0.4) is 0 Å². The Morgan fingerprint density at radius 1 is 1.47 bits per heavy atom. The van der Waals surface area contributed by atoms with Crippen LogP contribution in [0.2, 0.25) is 0 Å². The van der Waals surface area contributed by atoms with Crippen LogP contribution in [0.1, 0.15) is 45.4 Å². The fraction of sp³-hybridized carbons (Fsp3) is 0.750. The molecule has 0 aromatic rings. The fourth-order valence-corrected chi connectivity index (χ4v) is 1.67. The van der Waals surface area contributed by atoms with E-state index in [0.717, 1.165) is 5.92 Å². The molecule has 0 N–H and O–H groups in total. The van der Waals surface area contributed by atoms with Gasteiger partial charge < -0.3 is 4.74 Å². The first-order valence-electron chi connectivity index (χ1n) is 5.53. The summed E-state index contributed by atoms with van der Waals surface area (Å²) in [7, 11) is 0. The molecule has 1 saturated carbocycles. The molecule has 3 heteroatoms. The zero-order valence-electron chi connectivity index (χ0n) is 9.51. The van der Waals surface area contributed by atoms with Gasteiger partial charge in [0.1, 0.15) is 0 Å². The van der Waals surface area contributed by atoms with Crippen molar-refractivity contribution >= 4 is 17.6 Å². The van der Waals surface area contributed by atoms with Crippen molar-refractivity contribution in [2.45, 2.75) is 45.4 Å². The normalized spacial score (nSPS) is 16.1. The van der Waals surface area contributed by atoms with E-state index in [1.165, 1.54) is 38.2 Å². The van der Waals surface area contributed by atoms with Gasteiger partial charge in [-0.25, -0.2) is 0 Å². The molecule has 0 spiro atoms. The lowest BCUT2D eigenvalue weighted by atomic mass is 9.91. The van der Waals surface area contributed by atoms with Gasteiger partial charge in [0.2, 0.25) is 0 Å². The Kier molecular flexibility index (Phi) is 9.70. The third-order valence-corrected chi connectivity index (χ3v) is 2.53. The van der Waals surface area contributed by atoms with Gasteiger partial charge in [-0.2, -0.15) is 0 Å². The SMILES string of the molecule is C=CCC(=O)OCCl.CC1CCCCC1. The van der Waals surface area contributed by atoms with Crippen LogP contribution in [0.4, 0.5) is 0 Å². The van der Waals surface area contributed by atoms with E-state index in [4.69, 9.17) is 11.6 Å². The van der Waals surface area contributed by atoms with Gasteiger partial charge in [-0.3, -0.25) is 4.79 Å². The molecule has 0 atom stereocenters. The third kappa shape index (κ3) is 9.80. The van der Waals surface area contributed by atoms with E-state index in [9.17, 15) is 4.79 Å². The lowest BCUT2D eigenvalue weighted by Crippen LogP contribution is -1.99. The summed E-state index contributed by atoms with van der Waals surface area (Å²) in [5, 5.41) is 0. The molecule has 2 nitrogen and oxygen atoms in total. The van der Waals surface area contributed by atoms with Gasteiger partial charge in [-0.1, -0.05) is 56.7 Å². The minimum absolute atomic E-state index is 0.0767. The predicted molar refractivity (Wildman–Crippen MR) is 63.9 cm³/mol. The van der Waals surface area contributed by atoms with E-state index in [1.54, 1.807) is 0 Å². The minimum atomic E-state index is -0.338. The molecule has 0 amide bonds. The van der Waals surface area contributed by atoms with Gasteiger partial charge in [0, 0.05) is 0 Å². The monoisotopic (exact) mass is 232 g/mol. The quantitative estimate of drug-likeness (QED) is 0.419. The number of carbonyl (C=O) groups is 1. The maximum atomic E-state index is 10.3. The van der Waals surface area contributed by atoms with Gasteiger partial charge in [0.05, 0.1) is 6.42 Å². The molecule has 15 heavy (non-hydrogen) atoms. The number of carbonyl (C=O) groups excluding carboxylic acids is 1. The molecule has 0 aliphatic heterocycles. The average molecular weight is 233 g/mol. The van der Waals surface area contributed by atoms with E-state index >= 15 is 0 Å². The number of hydrogen-bond donors (Lipinski definition) is 0. The van der Waals surface area contributed by atoms with E-state index in [0.29, 0.717) is 0 Å². The minimum Gasteiger partial charge on any atom is -0.449 e. The molecule has 0 saturated heterocycles. The highest BCUT2D eigenvalue weighted by Crippen LogP contribution is 2.22. The first-order valence-corrected chi connectivity index (χ1v) is 6.06. The summed E-state index contributed by atoms with van der Waals surface area (Å²) in [5.74, 6) is 0.698. The van der Waals surface area contributed by atoms with Gasteiger partial charge in [-0.15, -0.1) is 6.58 Å². The molecule has 1 rings (SSSR count). The zero-order chi connectivity index (χ0) is 11.5. The van der Waals surface area contributed by atoms with Gasteiger partial charge in [-0.05, 0) is 5.92 Å². The largest absolute Gasteiger partial charge is 0.449 e. The summed E-state index contributed by atoms with van der Waals surface area (Å²) in [6.45, 7) is 5.70. The molecule has 88 valence electrons. The highest BCUT2D eigenvalue weighted by Gasteiger charge is 2.05. The van der Waals surface area contributed by atoms with E-state index < -0.39 is 0 Å². The molecule has 1 aliphatic carbocycles. The van der Waals surface area contributed by atoms with E-state index in [2.05, 4.69) is 18.2 Å². The summed E-state index contributed by atoms with van der Waals surface area (Å²) in [6.07, 6.45) is 9.13. The van der Waals surface area contributed by atoms with Crippen LogP contribution in [-0.4, -0.2) is 12.0 Å². The predicted octanol–water partition coefficient (Wildman–Crippen LogP) is 3.89. The Morgan fingerprint density at radius 3 is 2.40 bits per heavy atom. The van der Waals surface area contributed by atoms with Crippen molar-refractivity contribution < 1.29 is 9.53 Å². The first kappa shape index (κ1) is 14.5. The van der Waals surface area contributed by atoms with Crippen LogP contribution in [0.25, 0.3) is 0 Å². The first-order chi connectivity index (χ1) is 7.20. The number of alkyl halides is 1. The van der Waals surface area contributed by atoms with Gasteiger partial charge in [0.25, 0.3) is 0 Å². The van der Waals surface area contributed by atoms with Crippen molar-refractivity contribution in [2.75, 3.05) is 6.07 Å². The maximum Gasteiger partial charge on any atom is 0.310 e. The lowest BCUT2D eigenvalue weighted by molar-refractivity contribution is -0.140. The second kappa shape index (κ2) is 10.0. The van der Waals surface area contributed by atoms with E-state index in [-0.39, 0.29) is 18.5 Å². The van der Waals surface area contributed by atoms with Crippen molar-refractivity contribution in [3.05, 3.63) is 12.7 Å². The number of halogens is 1. The molecular formula is C12H21ClO2. The number of ether oxygens (including phenoxy) is 1. The van der Waals surface area contributed by atoms with Crippen LogP contribution in [0.15, 0.2) is 12.7 Å². The smallest absolute Gasteiger partial charge is 0.310 e. The fourth-order valence-electron chi connectivity index (χ4n) is 1.54. The molecule has 0 radical (unpaired) electrons. The molecule has 0 unspecified atom stereocenters. The van der Waals surface area contributed by atoms with Gasteiger partial charge >= 0.3 is 5.97 Å². The third-order valence-electron chi connectivity index (χ3n) is 2.42. The van der Waals surface area contributed by atoms with Crippen molar-refractivity contribution in [1.29, 1.82) is 0 Å². The summed E-state index contributed by atoms with van der Waals surface area (Å²) >= 11 is 5.05. The van der Waals surface area contributed by atoms with Crippen molar-refractivity contribution in [3.8, 4) is 0 Å². The summed E-state index contributed by atoms with van der Waals surface area (Å²) < 4.78 is 4.34. The van der Waals surface area contributed by atoms with Gasteiger partial charge in [0.15, 0.2) is 6.07 Å². The number of esters is 1. The molecule has 1 fully saturated rings. The highest BCUT2D eigenvalue weighted by molar-refractivity contribution is 6.17. The van der Waals surface area contributed by atoms with Crippen LogP contribution < -0.4 is 0 Å². The molecular weight excluding hydrogens is 212 g/mol. The lowest BCUT2D eigenvalue weighted by Gasteiger charge is -2.15. The van der Waals surface area contributed by atoms with Crippen LogP contribution >= 0.6 is 11.6 Å². The summed E-state index contributed by atoms with van der Waals surface area (Å²) in [5.41, 5.74) is 0. The average Bonchev–Trinajstić information content (AvgIpc) is 2.20. The Labute approximate surface area is 97.6 Å². The Morgan fingerprint density at radius 2 is 2.07 bits per heavy atom. The Bertz CT molecular complexity index is 174. The van der Waals surface area contributed by atoms with E-state index in [1.807, 2.05) is 0 Å². The van der Waals surface area contributed by atoms with Crippen LogP contribution in [0.5, 0.6) is 0 Å².